The third-order valence-electron chi connectivity index (χ3n) is 4.12. The van der Waals surface area contributed by atoms with E-state index in [2.05, 4.69) is 5.32 Å². The van der Waals surface area contributed by atoms with Gasteiger partial charge >= 0.3 is 0 Å². The lowest BCUT2D eigenvalue weighted by molar-refractivity contribution is -0.135. The van der Waals surface area contributed by atoms with Crippen molar-refractivity contribution in [3.05, 3.63) is 29.3 Å². The van der Waals surface area contributed by atoms with Crippen LogP contribution < -0.4 is 11.1 Å². The number of amides is 1. The molecule has 4 nitrogen and oxygen atoms in total. The number of rotatable bonds is 4. The predicted molar refractivity (Wildman–Crippen MR) is 80.9 cm³/mol. The molecule has 1 saturated heterocycles. The van der Waals surface area contributed by atoms with Gasteiger partial charge in [0.15, 0.2) is 0 Å². The number of para-hydroxylation sites is 1. The Bertz CT molecular complexity index is 508. The first kappa shape index (κ1) is 15.1. The highest BCUT2D eigenvalue weighted by atomic mass is 35.5. The van der Waals surface area contributed by atoms with Gasteiger partial charge in [-0.3, -0.25) is 4.79 Å². The van der Waals surface area contributed by atoms with Crippen molar-refractivity contribution in [1.29, 1.82) is 0 Å². The minimum atomic E-state index is -0.812. The summed E-state index contributed by atoms with van der Waals surface area (Å²) in [6.07, 6.45) is 1.91. The fourth-order valence-corrected chi connectivity index (χ4v) is 2.86. The summed E-state index contributed by atoms with van der Waals surface area (Å²) in [4.78, 5) is 12.1. The third-order valence-corrected chi connectivity index (χ3v) is 4.45. The zero-order valence-electron chi connectivity index (χ0n) is 11.9. The molecule has 1 aliphatic heterocycles. The molecule has 5 heteroatoms. The highest BCUT2D eigenvalue weighted by Crippen LogP contribution is 2.38. The number of ether oxygens (including phenoxy) is 1. The number of hydrogen-bond donors (Lipinski definition) is 2. The first-order valence-electron chi connectivity index (χ1n) is 6.87. The Labute approximate surface area is 124 Å². The topological polar surface area (TPSA) is 64.3 Å². The second kappa shape index (κ2) is 5.62. The molecule has 0 spiro atoms. The van der Waals surface area contributed by atoms with Crippen molar-refractivity contribution in [2.24, 2.45) is 5.73 Å². The average Bonchev–Trinajstić information content (AvgIpc) is 2.41. The molecule has 1 heterocycles. The molecule has 0 radical (unpaired) electrons. The van der Waals surface area contributed by atoms with Crippen LogP contribution in [0.3, 0.4) is 0 Å². The van der Waals surface area contributed by atoms with E-state index in [-0.39, 0.29) is 11.5 Å². The molecule has 2 rings (SSSR count). The van der Waals surface area contributed by atoms with Gasteiger partial charge in [-0.1, -0.05) is 30.7 Å². The first-order chi connectivity index (χ1) is 9.41. The van der Waals surface area contributed by atoms with Crippen molar-refractivity contribution < 1.29 is 9.53 Å². The molecule has 1 amide bonds. The van der Waals surface area contributed by atoms with Crippen molar-refractivity contribution in [2.45, 2.75) is 44.2 Å². The maximum absolute atomic E-state index is 12.1. The van der Waals surface area contributed by atoms with Crippen molar-refractivity contribution in [1.82, 2.24) is 0 Å². The van der Waals surface area contributed by atoms with Crippen molar-refractivity contribution in [2.75, 3.05) is 11.9 Å². The molecule has 0 saturated carbocycles. The van der Waals surface area contributed by atoms with Crippen LogP contribution in [0.1, 0.15) is 33.1 Å². The molecular weight excluding hydrogens is 276 g/mol. The van der Waals surface area contributed by atoms with Crippen LogP contribution in [-0.2, 0) is 9.53 Å². The minimum absolute atomic E-state index is 0.346. The molecular formula is C15H21ClN2O2. The number of nitrogens with two attached hydrogens (primary N) is 1. The molecule has 1 aromatic carbocycles. The van der Waals surface area contributed by atoms with E-state index in [0.717, 1.165) is 12.1 Å². The zero-order chi connectivity index (χ0) is 14.8. The van der Waals surface area contributed by atoms with E-state index >= 15 is 0 Å². The lowest BCUT2D eigenvalue weighted by atomic mass is 9.78. The van der Waals surface area contributed by atoms with Gasteiger partial charge in [0, 0.05) is 12.8 Å². The highest BCUT2D eigenvalue weighted by molar-refractivity contribution is 6.33. The number of halogens is 1. The van der Waals surface area contributed by atoms with E-state index in [1.165, 1.54) is 0 Å². The molecule has 0 aliphatic carbocycles. The number of primary amides is 1. The lowest BCUT2D eigenvalue weighted by Gasteiger charge is -2.45. The Morgan fingerprint density at radius 3 is 2.80 bits per heavy atom. The Morgan fingerprint density at radius 1 is 1.50 bits per heavy atom. The third kappa shape index (κ3) is 2.91. The number of carbonyl (C=O) groups excluding carboxylic acids is 1. The maximum atomic E-state index is 12.1. The van der Waals surface area contributed by atoms with Gasteiger partial charge in [0.05, 0.1) is 22.9 Å². The van der Waals surface area contributed by atoms with Crippen LogP contribution in [0.2, 0.25) is 5.02 Å². The largest absolute Gasteiger partial charge is 0.375 e. The monoisotopic (exact) mass is 296 g/mol. The number of nitrogens with one attached hydrogen (secondary N) is 1. The second-order valence-corrected chi connectivity index (χ2v) is 6.04. The summed E-state index contributed by atoms with van der Waals surface area (Å²) >= 11 is 6.17. The highest BCUT2D eigenvalue weighted by Gasteiger charge is 2.46. The number of anilines is 1. The van der Waals surface area contributed by atoms with Gasteiger partial charge in [-0.15, -0.1) is 0 Å². The van der Waals surface area contributed by atoms with E-state index in [9.17, 15) is 4.79 Å². The summed E-state index contributed by atoms with van der Waals surface area (Å²) in [6.45, 7) is 4.56. The maximum Gasteiger partial charge on any atom is 0.243 e. The molecule has 0 aromatic heterocycles. The van der Waals surface area contributed by atoms with E-state index in [0.29, 0.717) is 24.5 Å². The lowest BCUT2D eigenvalue weighted by Crippen LogP contribution is -2.59. The Hall–Kier alpha value is -1.26. The Morgan fingerprint density at radius 2 is 2.20 bits per heavy atom. The number of hydrogen-bond acceptors (Lipinski definition) is 3. The fraction of sp³-hybridized carbons (Fsp3) is 0.533. The molecule has 2 unspecified atom stereocenters. The van der Waals surface area contributed by atoms with E-state index in [1.54, 1.807) is 6.07 Å². The van der Waals surface area contributed by atoms with Crippen molar-refractivity contribution in [3.63, 3.8) is 0 Å². The molecule has 2 atom stereocenters. The molecule has 0 bridgehead atoms. The molecule has 1 aromatic rings. The summed E-state index contributed by atoms with van der Waals surface area (Å²) in [5.41, 5.74) is 5.25. The SMILES string of the molecule is CCC1(C)CC(Nc2ccccc2Cl)(C(N)=O)CCO1. The smallest absolute Gasteiger partial charge is 0.243 e. The number of benzene rings is 1. The van der Waals surface area contributed by atoms with Gasteiger partial charge in [-0.25, -0.2) is 0 Å². The Kier molecular flexibility index (Phi) is 4.25. The predicted octanol–water partition coefficient (Wildman–Crippen LogP) is 2.96. The summed E-state index contributed by atoms with van der Waals surface area (Å²) in [5.74, 6) is -0.361. The van der Waals surface area contributed by atoms with Crippen LogP contribution in [0.25, 0.3) is 0 Å². The number of carbonyl (C=O) groups is 1. The summed E-state index contributed by atoms with van der Waals surface area (Å²) in [7, 11) is 0. The van der Waals surface area contributed by atoms with Gasteiger partial charge in [0.25, 0.3) is 0 Å². The molecule has 1 fully saturated rings. The van der Waals surface area contributed by atoms with Crippen LogP contribution in [0.4, 0.5) is 5.69 Å². The van der Waals surface area contributed by atoms with Crippen LogP contribution in [0, 0.1) is 0 Å². The summed E-state index contributed by atoms with van der Waals surface area (Å²) in [5, 5.41) is 3.85. The molecule has 20 heavy (non-hydrogen) atoms. The molecule has 110 valence electrons. The van der Waals surface area contributed by atoms with Gasteiger partial charge in [-0.05, 0) is 25.5 Å². The Balaban J connectivity index is 2.31. The van der Waals surface area contributed by atoms with Crippen LogP contribution >= 0.6 is 11.6 Å². The summed E-state index contributed by atoms with van der Waals surface area (Å²) in [6, 6.07) is 7.37. The second-order valence-electron chi connectivity index (χ2n) is 5.63. The van der Waals surface area contributed by atoms with E-state index in [4.69, 9.17) is 22.1 Å². The van der Waals surface area contributed by atoms with Crippen molar-refractivity contribution in [3.8, 4) is 0 Å². The van der Waals surface area contributed by atoms with Gasteiger partial charge in [0.1, 0.15) is 5.54 Å². The normalized spacial score (nSPS) is 29.9. The summed E-state index contributed by atoms with van der Waals surface area (Å²) < 4.78 is 5.81. The standard InChI is InChI=1S/C15H21ClN2O2/c1-3-14(2)10-15(13(17)19,8-9-20-14)18-12-7-5-4-6-11(12)16/h4-7,18H,3,8-10H2,1-2H3,(H2,17,19). The van der Waals surface area contributed by atoms with E-state index in [1.807, 2.05) is 32.0 Å². The van der Waals surface area contributed by atoms with Gasteiger partial charge in [-0.2, -0.15) is 0 Å². The quantitative estimate of drug-likeness (QED) is 0.898. The van der Waals surface area contributed by atoms with Crippen molar-refractivity contribution >= 4 is 23.2 Å². The molecule has 1 aliphatic rings. The van der Waals surface area contributed by atoms with Crippen LogP contribution in [0.5, 0.6) is 0 Å². The van der Waals surface area contributed by atoms with Gasteiger partial charge in [0.2, 0.25) is 5.91 Å². The fourth-order valence-electron chi connectivity index (χ4n) is 2.68. The average molecular weight is 297 g/mol. The first-order valence-corrected chi connectivity index (χ1v) is 7.25. The van der Waals surface area contributed by atoms with E-state index < -0.39 is 5.54 Å². The van der Waals surface area contributed by atoms with Crippen LogP contribution in [0.15, 0.2) is 24.3 Å². The zero-order valence-corrected chi connectivity index (χ0v) is 12.7. The van der Waals surface area contributed by atoms with Gasteiger partial charge < -0.3 is 15.8 Å². The van der Waals surface area contributed by atoms with Crippen LogP contribution in [-0.4, -0.2) is 23.7 Å². The molecule has 3 N–H and O–H groups in total. The minimum Gasteiger partial charge on any atom is -0.375 e.